The molecule has 15 heavy (non-hydrogen) atoms. The van der Waals surface area contributed by atoms with Crippen LogP contribution in [0.1, 0.15) is 17.6 Å². The summed E-state index contributed by atoms with van der Waals surface area (Å²) in [6, 6.07) is 4.71. The molecule has 0 fully saturated rings. The average Bonchev–Trinajstić information content (AvgIpc) is 2.15. The van der Waals surface area contributed by atoms with Gasteiger partial charge in [0, 0.05) is 10.7 Å². The Labute approximate surface area is 89.3 Å². The second-order valence-corrected chi connectivity index (χ2v) is 5.10. The van der Waals surface area contributed by atoms with Crippen molar-refractivity contribution in [1.29, 1.82) is 5.26 Å². The first-order chi connectivity index (χ1) is 6.88. The lowest BCUT2D eigenvalue weighted by atomic mass is 10.1. The molecule has 0 saturated heterocycles. The summed E-state index contributed by atoms with van der Waals surface area (Å²) in [6.07, 6.45) is -3.07. The molecule has 80 valence electrons. The van der Waals surface area contributed by atoms with Crippen molar-refractivity contribution in [2.45, 2.75) is 11.3 Å². The van der Waals surface area contributed by atoms with Crippen molar-refractivity contribution in [3.63, 3.8) is 0 Å². The molecule has 0 radical (unpaired) electrons. The van der Waals surface area contributed by atoms with Gasteiger partial charge in [-0.15, -0.1) is 0 Å². The Hall–Kier alpha value is -1.19. The standard InChI is InChI=1S/C8H4ClF2NO2S/c9-15(13,14)6-3-1-2-5(4-12)7(6)8(10)11/h1-3,8H. The molecule has 0 heterocycles. The largest absolute Gasteiger partial charge is 0.266 e. The molecule has 7 heteroatoms. The summed E-state index contributed by atoms with van der Waals surface area (Å²) in [5.74, 6) is 0. The molecule has 0 atom stereocenters. The number of halogens is 3. The zero-order valence-corrected chi connectivity index (χ0v) is 8.69. The third kappa shape index (κ3) is 2.43. The summed E-state index contributed by atoms with van der Waals surface area (Å²) in [5.41, 5.74) is -1.25. The van der Waals surface area contributed by atoms with Gasteiger partial charge in [0.15, 0.2) is 0 Å². The van der Waals surface area contributed by atoms with E-state index in [-0.39, 0.29) is 0 Å². The van der Waals surface area contributed by atoms with E-state index in [9.17, 15) is 17.2 Å². The summed E-state index contributed by atoms with van der Waals surface area (Å²) in [6.45, 7) is 0. The van der Waals surface area contributed by atoms with Crippen LogP contribution in [0.3, 0.4) is 0 Å². The van der Waals surface area contributed by atoms with Gasteiger partial charge in [0.05, 0.1) is 22.1 Å². The fourth-order valence-electron chi connectivity index (χ4n) is 1.08. The van der Waals surface area contributed by atoms with E-state index in [1.807, 2.05) is 0 Å². The first-order valence-electron chi connectivity index (χ1n) is 3.63. The van der Waals surface area contributed by atoms with Crippen LogP contribution in [0.5, 0.6) is 0 Å². The van der Waals surface area contributed by atoms with Gasteiger partial charge in [-0.1, -0.05) is 6.07 Å². The van der Waals surface area contributed by atoms with E-state index in [1.165, 1.54) is 12.1 Å². The smallest absolute Gasteiger partial charge is 0.207 e. The van der Waals surface area contributed by atoms with Gasteiger partial charge in [0.1, 0.15) is 0 Å². The Morgan fingerprint density at radius 3 is 2.40 bits per heavy atom. The van der Waals surface area contributed by atoms with Crippen LogP contribution in [0.25, 0.3) is 0 Å². The Kier molecular flexibility index (Phi) is 3.27. The fraction of sp³-hybridized carbons (Fsp3) is 0.125. The van der Waals surface area contributed by atoms with E-state index >= 15 is 0 Å². The van der Waals surface area contributed by atoms with Crippen molar-refractivity contribution in [3.8, 4) is 6.07 Å². The first kappa shape index (κ1) is 11.9. The lowest BCUT2D eigenvalue weighted by Crippen LogP contribution is -2.01. The lowest BCUT2D eigenvalue weighted by Gasteiger charge is -2.06. The molecule has 1 rings (SSSR count). The molecule has 0 bridgehead atoms. The topological polar surface area (TPSA) is 57.9 Å². The maximum atomic E-state index is 12.5. The zero-order chi connectivity index (χ0) is 11.6. The Balaban J connectivity index is 3.62. The molecule has 1 aromatic rings. The van der Waals surface area contributed by atoms with E-state index in [0.717, 1.165) is 12.1 Å². The van der Waals surface area contributed by atoms with Gasteiger partial charge in [-0.05, 0) is 12.1 Å². The van der Waals surface area contributed by atoms with E-state index in [1.54, 1.807) is 0 Å². The van der Waals surface area contributed by atoms with Crippen LogP contribution in [-0.2, 0) is 9.05 Å². The van der Waals surface area contributed by atoms with Gasteiger partial charge < -0.3 is 0 Å². The van der Waals surface area contributed by atoms with Crippen molar-refractivity contribution in [3.05, 3.63) is 29.3 Å². The highest BCUT2D eigenvalue weighted by atomic mass is 35.7. The number of hydrogen-bond acceptors (Lipinski definition) is 3. The van der Waals surface area contributed by atoms with Crippen LogP contribution in [-0.4, -0.2) is 8.42 Å². The first-order valence-corrected chi connectivity index (χ1v) is 5.94. The van der Waals surface area contributed by atoms with Gasteiger partial charge in [-0.25, -0.2) is 17.2 Å². The highest BCUT2D eigenvalue weighted by Gasteiger charge is 2.24. The van der Waals surface area contributed by atoms with E-state index in [0.29, 0.717) is 0 Å². The highest BCUT2D eigenvalue weighted by Crippen LogP contribution is 2.31. The highest BCUT2D eigenvalue weighted by molar-refractivity contribution is 8.13. The minimum atomic E-state index is -4.27. The second-order valence-electron chi connectivity index (χ2n) is 2.57. The van der Waals surface area contributed by atoms with Gasteiger partial charge in [-0.2, -0.15) is 5.26 Å². The SMILES string of the molecule is N#Cc1cccc(S(=O)(=O)Cl)c1C(F)F. The van der Waals surface area contributed by atoms with E-state index < -0.39 is 31.5 Å². The van der Waals surface area contributed by atoms with Crippen LogP contribution in [0, 0.1) is 11.3 Å². The van der Waals surface area contributed by atoms with Gasteiger partial charge in [-0.3, -0.25) is 0 Å². The van der Waals surface area contributed by atoms with Crippen molar-refractivity contribution in [2.75, 3.05) is 0 Å². The van der Waals surface area contributed by atoms with Crippen LogP contribution in [0.15, 0.2) is 23.1 Å². The van der Waals surface area contributed by atoms with E-state index in [2.05, 4.69) is 0 Å². The van der Waals surface area contributed by atoms with Crippen molar-refractivity contribution >= 4 is 19.7 Å². The third-order valence-electron chi connectivity index (χ3n) is 1.67. The van der Waals surface area contributed by atoms with Gasteiger partial charge in [0.25, 0.3) is 15.5 Å². The molecule has 3 nitrogen and oxygen atoms in total. The summed E-state index contributed by atoms with van der Waals surface area (Å²) in [4.78, 5) is -0.724. The van der Waals surface area contributed by atoms with E-state index in [4.69, 9.17) is 15.9 Å². The molecule has 0 aliphatic carbocycles. The Morgan fingerprint density at radius 2 is 2.00 bits per heavy atom. The van der Waals surface area contributed by atoms with Gasteiger partial charge >= 0.3 is 0 Å². The minimum Gasteiger partial charge on any atom is -0.207 e. The maximum Gasteiger partial charge on any atom is 0.266 e. The number of rotatable bonds is 2. The van der Waals surface area contributed by atoms with Crippen LogP contribution in [0.2, 0.25) is 0 Å². The molecule has 0 aliphatic rings. The molecule has 0 aromatic heterocycles. The van der Waals surface area contributed by atoms with Crippen LogP contribution >= 0.6 is 10.7 Å². The second kappa shape index (κ2) is 4.13. The number of nitrogens with zero attached hydrogens (tertiary/aromatic N) is 1. The number of benzene rings is 1. The Bertz CT molecular complexity index is 522. The molecule has 1 aromatic carbocycles. The molecule has 0 N–H and O–H groups in total. The molecule has 0 aliphatic heterocycles. The molecular formula is C8H4ClF2NO2S. The monoisotopic (exact) mass is 251 g/mol. The number of nitriles is 1. The molecule has 0 spiro atoms. The minimum absolute atomic E-state index is 0.397. The predicted molar refractivity (Wildman–Crippen MR) is 49.2 cm³/mol. The van der Waals surface area contributed by atoms with Crippen LogP contribution < -0.4 is 0 Å². The predicted octanol–water partition coefficient (Wildman–Crippen LogP) is 2.42. The van der Waals surface area contributed by atoms with Crippen molar-refractivity contribution < 1.29 is 17.2 Å². The Morgan fingerprint density at radius 1 is 1.40 bits per heavy atom. The lowest BCUT2D eigenvalue weighted by molar-refractivity contribution is 0.147. The third-order valence-corrected chi connectivity index (χ3v) is 3.05. The van der Waals surface area contributed by atoms with Crippen molar-refractivity contribution in [1.82, 2.24) is 0 Å². The van der Waals surface area contributed by atoms with Crippen molar-refractivity contribution in [2.24, 2.45) is 0 Å². The van der Waals surface area contributed by atoms with Crippen LogP contribution in [0.4, 0.5) is 8.78 Å². The maximum absolute atomic E-state index is 12.5. The fourth-order valence-corrected chi connectivity index (χ4v) is 2.19. The molecule has 0 amide bonds. The molecule has 0 unspecified atom stereocenters. The quantitative estimate of drug-likeness (QED) is 0.759. The zero-order valence-electron chi connectivity index (χ0n) is 7.12. The summed E-state index contributed by atoms with van der Waals surface area (Å²) in [5, 5.41) is 8.54. The summed E-state index contributed by atoms with van der Waals surface area (Å²) in [7, 11) is 0.696. The number of hydrogen-bond donors (Lipinski definition) is 0. The number of alkyl halides is 2. The average molecular weight is 252 g/mol. The normalized spacial score (nSPS) is 11.4. The van der Waals surface area contributed by atoms with Gasteiger partial charge in [0.2, 0.25) is 0 Å². The summed E-state index contributed by atoms with van der Waals surface area (Å²) >= 11 is 0. The summed E-state index contributed by atoms with van der Waals surface area (Å²) < 4.78 is 47.0. The molecular weight excluding hydrogens is 248 g/mol. The molecule has 0 saturated carbocycles.